The van der Waals surface area contributed by atoms with Crippen LogP contribution in [0.15, 0.2) is 22.5 Å². The maximum absolute atomic E-state index is 11.1. The van der Waals surface area contributed by atoms with Crippen LogP contribution in [0.5, 0.6) is 0 Å². The van der Waals surface area contributed by atoms with Crippen LogP contribution in [0.3, 0.4) is 0 Å². The maximum Gasteiger partial charge on any atom is 0.305 e. The molecule has 6 nitrogen and oxygen atoms in total. The topological polar surface area (TPSA) is 66.0 Å². The van der Waals surface area contributed by atoms with Gasteiger partial charge in [0.2, 0.25) is 0 Å². The Morgan fingerprint density at radius 1 is 1.31 bits per heavy atom. The molecule has 0 aliphatic carbocycles. The summed E-state index contributed by atoms with van der Waals surface area (Å²) < 4.78 is 4.67. The number of guanidine groups is 1. The minimum Gasteiger partial charge on any atom is -0.469 e. The van der Waals surface area contributed by atoms with Crippen molar-refractivity contribution in [2.75, 3.05) is 40.3 Å². The summed E-state index contributed by atoms with van der Waals surface area (Å²) in [4.78, 5) is 19.5. The zero-order valence-corrected chi connectivity index (χ0v) is 21.1. The van der Waals surface area contributed by atoms with E-state index in [1.807, 2.05) is 18.4 Å². The Bertz CT molecular complexity index is 590. The largest absolute Gasteiger partial charge is 0.469 e. The summed E-state index contributed by atoms with van der Waals surface area (Å²) in [5.41, 5.74) is 0. The molecule has 2 rings (SSSR count). The van der Waals surface area contributed by atoms with Gasteiger partial charge in [-0.2, -0.15) is 0 Å². The smallest absolute Gasteiger partial charge is 0.305 e. The first kappa shape index (κ1) is 26.2. The summed E-state index contributed by atoms with van der Waals surface area (Å²) in [5, 5.41) is 9.07. The first-order valence-corrected chi connectivity index (χ1v) is 11.3. The van der Waals surface area contributed by atoms with Crippen LogP contribution in [-0.4, -0.2) is 57.2 Å². The second-order valence-electron chi connectivity index (χ2n) is 7.52. The fourth-order valence-electron chi connectivity index (χ4n) is 3.52. The zero-order valence-electron chi connectivity index (χ0n) is 18.0. The number of esters is 1. The predicted octanol–water partition coefficient (Wildman–Crippen LogP) is 4.04. The molecule has 0 aromatic carbocycles. The number of aliphatic imine (C=N–C) groups is 1. The lowest BCUT2D eigenvalue weighted by Crippen LogP contribution is -2.45. The van der Waals surface area contributed by atoms with Crippen molar-refractivity contribution < 1.29 is 9.53 Å². The van der Waals surface area contributed by atoms with Gasteiger partial charge in [-0.1, -0.05) is 19.4 Å². The molecule has 0 radical (unpaired) electrons. The number of carbonyl (C=O) groups excluding carboxylic acids is 1. The summed E-state index contributed by atoms with van der Waals surface area (Å²) in [6.07, 6.45) is 5.94. The van der Waals surface area contributed by atoms with E-state index < -0.39 is 0 Å². The molecule has 1 aromatic heterocycles. The zero-order chi connectivity index (χ0) is 20.2. The van der Waals surface area contributed by atoms with Crippen LogP contribution in [0.1, 0.15) is 56.4 Å². The first-order chi connectivity index (χ1) is 13.6. The molecule has 0 saturated carbocycles. The normalized spacial score (nSPS) is 16.7. The van der Waals surface area contributed by atoms with Crippen LogP contribution < -0.4 is 10.6 Å². The van der Waals surface area contributed by atoms with Crippen LogP contribution in [-0.2, 0) is 9.53 Å². The number of likely N-dealkylation sites (tertiary alicyclic amines) is 1. The molecule has 1 aliphatic heterocycles. The lowest BCUT2D eigenvalue weighted by molar-refractivity contribution is -0.140. The number of rotatable bonds is 10. The summed E-state index contributed by atoms with van der Waals surface area (Å²) in [6.45, 7) is 6.39. The maximum atomic E-state index is 11.1. The van der Waals surface area contributed by atoms with Crippen LogP contribution in [0.2, 0.25) is 0 Å². The minimum atomic E-state index is -0.128. The number of piperidine rings is 1. The minimum absolute atomic E-state index is 0. The number of ether oxygens (including phenoxy) is 1. The van der Waals surface area contributed by atoms with Crippen LogP contribution >= 0.6 is 35.3 Å². The molecule has 8 heteroatoms. The molecule has 1 saturated heterocycles. The lowest BCUT2D eigenvalue weighted by Gasteiger charge is -2.36. The molecule has 1 fully saturated rings. The fourth-order valence-corrected chi connectivity index (χ4v) is 4.39. The second-order valence-corrected chi connectivity index (χ2v) is 8.50. The van der Waals surface area contributed by atoms with E-state index in [9.17, 15) is 4.79 Å². The Morgan fingerprint density at radius 3 is 2.69 bits per heavy atom. The van der Waals surface area contributed by atoms with Crippen LogP contribution in [0, 0.1) is 5.92 Å². The number of nitrogens with one attached hydrogen (secondary N) is 2. The monoisotopic (exact) mass is 536 g/mol. The van der Waals surface area contributed by atoms with E-state index in [-0.39, 0.29) is 29.9 Å². The third-order valence-electron chi connectivity index (χ3n) is 5.39. The Kier molecular flexibility index (Phi) is 13.5. The van der Waals surface area contributed by atoms with E-state index >= 15 is 0 Å². The molecule has 1 unspecified atom stereocenters. The van der Waals surface area contributed by atoms with Gasteiger partial charge in [-0.05, 0) is 56.1 Å². The van der Waals surface area contributed by atoms with E-state index in [1.54, 1.807) is 0 Å². The van der Waals surface area contributed by atoms with Crippen molar-refractivity contribution in [3.05, 3.63) is 22.4 Å². The van der Waals surface area contributed by atoms with Crippen molar-refractivity contribution >= 4 is 47.2 Å². The third-order valence-corrected chi connectivity index (χ3v) is 6.37. The highest BCUT2D eigenvalue weighted by molar-refractivity contribution is 14.0. The molecule has 0 amide bonds. The summed E-state index contributed by atoms with van der Waals surface area (Å²) >= 11 is 1.84. The van der Waals surface area contributed by atoms with Crippen molar-refractivity contribution in [3.63, 3.8) is 0 Å². The number of carbonyl (C=O) groups is 1. The highest BCUT2D eigenvalue weighted by atomic mass is 127. The van der Waals surface area contributed by atoms with Gasteiger partial charge in [0.25, 0.3) is 0 Å². The predicted molar refractivity (Wildman–Crippen MR) is 132 cm³/mol. The van der Waals surface area contributed by atoms with Gasteiger partial charge < -0.3 is 15.4 Å². The van der Waals surface area contributed by atoms with Crippen molar-refractivity contribution in [1.82, 2.24) is 15.5 Å². The molecule has 0 bridgehead atoms. The van der Waals surface area contributed by atoms with E-state index in [4.69, 9.17) is 0 Å². The Labute approximate surface area is 196 Å². The van der Waals surface area contributed by atoms with Gasteiger partial charge in [-0.25, -0.2) is 0 Å². The van der Waals surface area contributed by atoms with Crippen molar-refractivity contribution in [3.8, 4) is 0 Å². The molecule has 0 spiro atoms. The number of nitrogens with zero attached hydrogens (tertiary/aromatic N) is 2. The highest BCUT2D eigenvalue weighted by Gasteiger charge is 2.25. The number of hydrogen-bond acceptors (Lipinski definition) is 5. The Hall–Kier alpha value is -0.870. The van der Waals surface area contributed by atoms with Crippen LogP contribution in [0.4, 0.5) is 0 Å². The standard InChI is InChI=1S/C21H36N4O2S.HI/c1-17-10-13-25(14-11-17)18(19-8-7-15-28-19)16-24-21(22-2)23-12-6-4-5-9-20(26)27-3;/h7-8,15,17-18H,4-6,9-14,16H2,1-3H3,(H2,22,23,24);1H. The van der Waals surface area contributed by atoms with Gasteiger partial charge in [-0.15, -0.1) is 35.3 Å². The van der Waals surface area contributed by atoms with E-state index in [0.29, 0.717) is 12.5 Å². The summed E-state index contributed by atoms with van der Waals surface area (Å²) in [5.74, 6) is 1.55. The van der Waals surface area contributed by atoms with Crippen molar-refractivity contribution in [2.24, 2.45) is 10.9 Å². The highest BCUT2D eigenvalue weighted by Crippen LogP contribution is 2.29. The average Bonchev–Trinajstić information content (AvgIpc) is 3.24. The Morgan fingerprint density at radius 2 is 2.07 bits per heavy atom. The Balaban J connectivity index is 0.00000420. The van der Waals surface area contributed by atoms with Gasteiger partial charge >= 0.3 is 5.97 Å². The van der Waals surface area contributed by atoms with Crippen LogP contribution in [0.25, 0.3) is 0 Å². The lowest BCUT2D eigenvalue weighted by atomic mass is 9.97. The molecule has 166 valence electrons. The number of unbranched alkanes of at least 4 members (excludes halogenated alkanes) is 2. The number of halogens is 1. The van der Waals surface area contributed by atoms with Gasteiger partial charge in [0.15, 0.2) is 5.96 Å². The van der Waals surface area contributed by atoms with Gasteiger partial charge in [-0.3, -0.25) is 14.7 Å². The van der Waals surface area contributed by atoms with Gasteiger partial charge in [0.1, 0.15) is 0 Å². The molecule has 1 aliphatic rings. The number of hydrogen-bond donors (Lipinski definition) is 2. The first-order valence-electron chi connectivity index (χ1n) is 10.4. The second kappa shape index (κ2) is 15.0. The average molecular weight is 537 g/mol. The molecule has 1 aromatic rings. The molecular formula is C21H37IN4O2S. The van der Waals surface area contributed by atoms with Gasteiger partial charge in [0.05, 0.1) is 13.2 Å². The van der Waals surface area contributed by atoms with Crippen molar-refractivity contribution in [1.29, 1.82) is 0 Å². The van der Waals surface area contributed by atoms with Gasteiger partial charge in [0, 0.05) is 31.4 Å². The fraction of sp³-hybridized carbons (Fsp3) is 0.714. The number of thiophene rings is 1. The third kappa shape index (κ3) is 9.65. The SMILES string of the molecule is CN=C(NCCCCCC(=O)OC)NCC(c1cccs1)N1CCC(C)CC1.I. The van der Waals surface area contributed by atoms with E-state index in [2.05, 4.69) is 49.7 Å². The van der Waals surface area contributed by atoms with E-state index in [1.165, 1.54) is 24.8 Å². The number of methoxy groups -OCH3 is 1. The molecule has 2 N–H and O–H groups in total. The molecule has 29 heavy (non-hydrogen) atoms. The molecule has 2 heterocycles. The quantitative estimate of drug-likeness (QED) is 0.155. The molecule has 1 atom stereocenters. The molecular weight excluding hydrogens is 499 g/mol. The summed E-state index contributed by atoms with van der Waals surface area (Å²) in [6, 6.07) is 4.78. The summed E-state index contributed by atoms with van der Waals surface area (Å²) in [7, 11) is 3.25. The van der Waals surface area contributed by atoms with E-state index in [0.717, 1.165) is 57.3 Å². The van der Waals surface area contributed by atoms with Crippen molar-refractivity contribution in [2.45, 2.75) is 51.5 Å².